The molecule has 1 saturated heterocycles. The van der Waals surface area contributed by atoms with Crippen molar-refractivity contribution in [2.45, 2.75) is 6.42 Å². The maximum atomic E-state index is 12.1. The van der Waals surface area contributed by atoms with Crippen LogP contribution in [0.4, 0.5) is 0 Å². The fourth-order valence-corrected chi connectivity index (χ4v) is 2.62. The Morgan fingerprint density at radius 1 is 1.44 bits per heavy atom. The standard InChI is InChI=1S/C14H18BrNO2/c1-18-10-11-6-7-16(8-11)9-14(17)12-2-4-13(15)5-3-12/h2-5,11H,6-10H2,1H3. The molecule has 1 unspecified atom stereocenters. The van der Waals surface area contributed by atoms with Gasteiger partial charge in [-0.25, -0.2) is 0 Å². The third kappa shape index (κ3) is 3.64. The van der Waals surface area contributed by atoms with Crippen LogP contribution in [0.5, 0.6) is 0 Å². The lowest BCUT2D eigenvalue weighted by Gasteiger charge is -2.14. The van der Waals surface area contributed by atoms with Gasteiger partial charge in [-0.3, -0.25) is 9.69 Å². The van der Waals surface area contributed by atoms with E-state index in [4.69, 9.17) is 4.74 Å². The van der Waals surface area contributed by atoms with Gasteiger partial charge in [0.05, 0.1) is 13.2 Å². The SMILES string of the molecule is COCC1CCN(CC(=O)c2ccc(Br)cc2)C1. The maximum Gasteiger partial charge on any atom is 0.176 e. The van der Waals surface area contributed by atoms with Gasteiger partial charge in [-0.05, 0) is 31.0 Å². The van der Waals surface area contributed by atoms with Crippen LogP contribution >= 0.6 is 15.9 Å². The Hall–Kier alpha value is -0.710. The zero-order chi connectivity index (χ0) is 13.0. The van der Waals surface area contributed by atoms with Gasteiger partial charge >= 0.3 is 0 Å². The third-order valence-corrected chi connectivity index (χ3v) is 3.83. The molecule has 1 heterocycles. The summed E-state index contributed by atoms with van der Waals surface area (Å²) in [7, 11) is 1.73. The number of carbonyl (C=O) groups excluding carboxylic acids is 1. The Bertz CT molecular complexity index is 405. The highest BCUT2D eigenvalue weighted by Crippen LogP contribution is 2.17. The number of Topliss-reactive ketones (excluding diaryl/α,β-unsaturated/α-hetero) is 1. The predicted molar refractivity (Wildman–Crippen MR) is 74.9 cm³/mol. The first-order valence-corrected chi connectivity index (χ1v) is 6.98. The molecule has 0 N–H and O–H groups in total. The van der Waals surface area contributed by atoms with E-state index in [1.165, 1.54) is 0 Å². The zero-order valence-electron chi connectivity index (χ0n) is 10.6. The number of likely N-dealkylation sites (tertiary alicyclic amines) is 1. The lowest BCUT2D eigenvalue weighted by atomic mass is 10.1. The summed E-state index contributed by atoms with van der Waals surface area (Å²) in [5, 5.41) is 0. The molecule has 98 valence electrons. The fourth-order valence-electron chi connectivity index (χ4n) is 2.36. The molecule has 0 aliphatic carbocycles. The monoisotopic (exact) mass is 311 g/mol. The molecule has 0 bridgehead atoms. The molecular weight excluding hydrogens is 294 g/mol. The molecule has 1 aliphatic rings. The van der Waals surface area contributed by atoms with Gasteiger partial charge in [0.15, 0.2) is 5.78 Å². The highest BCUT2D eigenvalue weighted by Gasteiger charge is 2.24. The van der Waals surface area contributed by atoms with Crippen LogP contribution in [0, 0.1) is 5.92 Å². The smallest absolute Gasteiger partial charge is 0.176 e. The van der Waals surface area contributed by atoms with Crippen LogP contribution in [0.25, 0.3) is 0 Å². The van der Waals surface area contributed by atoms with Gasteiger partial charge in [0, 0.05) is 23.7 Å². The van der Waals surface area contributed by atoms with Crippen LogP contribution in [0.3, 0.4) is 0 Å². The molecule has 0 spiro atoms. The quantitative estimate of drug-likeness (QED) is 0.783. The van der Waals surface area contributed by atoms with Gasteiger partial charge < -0.3 is 4.74 Å². The molecular formula is C14H18BrNO2. The van der Waals surface area contributed by atoms with Gasteiger partial charge in [-0.2, -0.15) is 0 Å². The van der Waals surface area contributed by atoms with Crippen molar-refractivity contribution in [3.63, 3.8) is 0 Å². The fraction of sp³-hybridized carbons (Fsp3) is 0.500. The van der Waals surface area contributed by atoms with Gasteiger partial charge in [0.2, 0.25) is 0 Å². The minimum Gasteiger partial charge on any atom is -0.384 e. The number of nitrogens with zero attached hydrogens (tertiary/aromatic N) is 1. The second-order valence-corrected chi connectivity index (χ2v) is 5.69. The molecule has 1 fully saturated rings. The van der Waals surface area contributed by atoms with Crippen molar-refractivity contribution >= 4 is 21.7 Å². The molecule has 1 atom stereocenters. The molecule has 0 saturated carbocycles. The highest BCUT2D eigenvalue weighted by molar-refractivity contribution is 9.10. The number of hydrogen-bond acceptors (Lipinski definition) is 3. The van der Waals surface area contributed by atoms with Crippen LogP contribution < -0.4 is 0 Å². The van der Waals surface area contributed by atoms with E-state index in [9.17, 15) is 4.79 Å². The van der Waals surface area contributed by atoms with Crippen LogP contribution in [0.2, 0.25) is 0 Å². The Kier molecular flexibility index (Phi) is 4.92. The number of halogens is 1. The number of methoxy groups -OCH3 is 1. The first-order chi connectivity index (χ1) is 8.69. The molecule has 0 radical (unpaired) electrons. The van der Waals surface area contributed by atoms with E-state index in [2.05, 4.69) is 20.8 Å². The summed E-state index contributed by atoms with van der Waals surface area (Å²) in [6.07, 6.45) is 1.13. The van der Waals surface area contributed by atoms with Gasteiger partial charge in [0.1, 0.15) is 0 Å². The second kappa shape index (κ2) is 6.45. The van der Waals surface area contributed by atoms with E-state index in [1.807, 2.05) is 24.3 Å². The van der Waals surface area contributed by atoms with Crippen molar-refractivity contribution in [1.82, 2.24) is 4.90 Å². The van der Waals surface area contributed by atoms with Crippen molar-refractivity contribution in [3.8, 4) is 0 Å². The summed E-state index contributed by atoms with van der Waals surface area (Å²) in [5.41, 5.74) is 0.786. The van der Waals surface area contributed by atoms with E-state index < -0.39 is 0 Å². The second-order valence-electron chi connectivity index (χ2n) is 4.78. The molecule has 1 aromatic rings. The first-order valence-electron chi connectivity index (χ1n) is 6.19. The maximum absolute atomic E-state index is 12.1. The molecule has 18 heavy (non-hydrogen) atoms. The Morgan fingerprint density at radius 2 is 2.17 bits per heavy atom. The first kappa shape index (κ1) is 13.7. The minimum atomic E-state index is 0.195. The Morgan fingerprint density at radius 3 is 2.83 bits per heavy atom. The summed E-state index contributed by atoms with van der Waals surface area (Å²) < 4.78 is 6.16. The minimum absolute atomic E-state index is 0.195. The molecule has 3 nitrogen and oxygen atoms in total. The number of rotatable bonds is 5. The van der Waals surface area contributed by atoms with Crippen molar-refractivity contribution in [3.05, 3.63) is 34.3 Å². The summed E-state index contributed by atoms with van der Waals surface area (Å²) in [5.74, 6) is 0.772. The summed E-state index contributed by atoms with van der Waals surface area (Å²) in [6.45, 7) is 3.28. The molecule has 1 aliphatic heterocycles. The zero-order valence-corrected chi connectivity index (χ0v) is 12.1. The normalized spacial score (nSPS) is 20.2. The Balaban J connectivity index is 1.87. The summed E-state index contributed by atoms with van der Waals surface area (Å²) >= 11 is 3.37. The van der Waals surface area contributed by atoms with Crippen molar-refractivity contribution < 1.29 is 9.53 Å². The van der Waals surface area contributed by atoms with Gasteiger partial charge in [-0.15, -0.1) is 0 Å². The van der Waals surface area contributed by atoms with Crippen LogP contribution in [-0.4, -0.2) is 44.0 Å². The molecule has 2 rings (SSSR count). The summed E-state index contributed by atoms with van der Waals surface area (Å²) in [6, 6.07) is 7.56. The van der Waals surface area contributed by atoms with E-state index in [1.54, 1.807) is 7.11 Å². The van der Waals surface area contributed by atoms with Crippen molar-refractivity contribution in [1.29, 1.82) is 0 Å². The third-order valence-electron chi connectivity index (χ3n) is 3.31. The molecule has 4 heteroatoms. The number of benzene rings is 1. The average Bonchev–Trinajstić information content (AvgIpc) is 2.78. The van der Waals surface area contributed by atoms with E-state index >= 15 is 0 Å². The van der Waals surface area contributed by atoms with Crippen molar-refractivity contribution in [2.75, 3.05) is 33.4 Å². The van der Waals surface area contributed by atoms with Crippen LogP contribution in [-0.2, 0) is 4.74 Å². The lowest BCUT2D eigenvalue weighted by molar-refractivity contribution is 0.0937. The van der Waals surface area contributed by atoms with Gasteiger partial charge in [-0.1, -0.05) is 28.1 Å². The largest absolute Gasteiger partial charge is 0.384 e. The van der Waals surface area contributed by atoms with E-state index in [0.717, 1.165) is 36.2 Å². The molecule has 0 aromatic heterocycles. The van der Waals surface area contributed by atoms with Crippen molar-refractivity contribution in [2.24, 2.45) is 5.92 Å². The van der Waals surface area contributed by atoms with Crippen LogP contribution in [0.15, 0.2) is 28.7 Å². The average molecular weight is 312 g/mol. The number of ether oxygens (including phenoxy) is 1. The predicted octanol–water partition coefficient (Wildman–Crippen LogP) is 2.60. The number of hydrogen-bond donors (Lipinski definition) is 0. The number of carbonyl (C=O) groups is 1. The van der Waals surface area contributed by atoms with Crippen LogP contribution in [0.1, 0.15) is 16.8 Å². The topological polar surface area (TPSA) is 29.5 Å². The highest BCUT2D eigenvalue weighted by atomic mass is 79.9. The molecule has 1 aromatic carbocycles. The number of ketones is 1. The van der Waals surface area contributed by atoms with Gasteiger partial charge in [0.25, 0.3) is 0 Å². The summed E-state index contributed by atoms with van der Waals surface area (Å²) in [4.78, 5) is 14.3. The Labute approximate surface area is 116 Å². The van der Waals surface area contributed by atoms with E-state index in [-0.39, 0.29) is 5.78 Å². The lowest BCUT2D eigenvalue weighted by Crippen LogP contribution is -2.28. The van der Waals surface area contributed by atoms with E-state index in [0.29, 0.717) is 12.5 Å². The molecule has 0 amide bonds.